The van der Waals surface area contributed by atoms with Gasteiger partial charge in [-0.25, -0.2) is 9.18 Å². The third-order valence-electron chi connectivity index (χ3n) is 3.54. The van der Waals surface area contributed by atoms with Crippen LogP contribution in [0.2, 0.25) is 0 Å². The van der Waals surface area contributed by atoms with Gasteiger partial charge in [-0.1, -0.05) is 24.3 Å². The molecule has 2 aromatic carbocycles. The second-order valence-electron chi connectivity index (χ2n) is 4.90. The zero-order valence-corrected chi connectivity index (χ0v) is 10.9. The Labute approximate surface area is 116 Å². The highest BCUT2D eigenvalue weighted by Crippen LogP contribution is 2.30. The smallest absolute Gasteiger partial charge is 0.319 e. The second-order valence-corrected chi connectivity index (χ2v) is 4.90. The van der Waals surface area contributed by atoms with Crippen molar-refractivity contribution >= 4 is 11.7 Å². The van der Waals surface area contributed by atoms with Crippen molar-refractivity contribution in [3.63, 3.8) is 0 Å². The van der Waals surface area contributed by atoms with Gasteiger partial charge in [-0.3, -0.25) is 0 Å². The summed E-state index contributed by atoms with van der Waals surface area (Å²) in [5.41, 5.74) is 3.05. The predicted octanol–water partition coefficient (Wildman–Crippen LogP) is 3.63. The molecule has 1 atom stereocenters. The lowest BCUT2D eigenvalue weighted by Crippen LogP contribution is -2.31. The highest BCUT2D eigenvalue weighted by molar-refractivity contribution is 5.89. The molecule has 0 aromatic heterocycles. The summed E-state index contributed by atoms with van der Waals surface area (Å²) >= 11 is 0. The van der Waals surface area contributed by atoms with E-state index in [4.69, 9.17) is 0 Å². The van der Waals surface area contributed by atoms with Gasteiger partial charge in [0.25, 0.3) is 0 Å². The van der Waals surface area contributed by atoms with E-state index in [2.05, 4.69) is 16.7 Å². The molecular weight excluding hydrogens is 255 g/mol. The van der Waals surface area contributed by atoms with Gasteiger partial charge < -0.3 is 10.6 Å². The number of amides is 2. The summed E-state index contributed by atoms with van der Waals surface area (Å²) in [4.78, 5) is 11.9. The number of urea groups is 1. The van der Waals surface area contributed by atoms with E-state index in [0.29, 0.717) is 5.69 Å². The Bertz CT molecular complexity index is 625. The fourth-order valence-electron chi connectivity index (χ4n) is 2.57. The maximum absolute atomic E-state index is 12.8. The van der Waals surface area contributed by atoms with Crippen LogP contribution in [0, 0.1) is 5.82 Å². The summed E-state index contributed by atoms with van der Waals surface area (Å²) in [6, 6.07) is 13.6. The van der Waals surface area contributed by atoms with Crippen molar-refractivity contribution in [2.45, 2.75) is 18.9 Å². The lowest BCUT2D eigenvalue weighted by Gasteiger charge is -2.14. The topological polar surface area (TPSA) is 41.1 Å². The Kier molecular flexibility index (Phi) is 3.37. The first-order valence-corrected chi connectivity index (χ1v) is 6.63. The van der Waals surface area contributed by atoms with Crippen LogP contribution in [0.5, 0.6) is 0 Å². The van der Waals surface area contributed by atoms with E-state index >= 15 is 0 Å². The molecule has 2 N–H and O–H groups in total. The van der Waals surface area contributed by atoms with E-state index < -0.39 is 0 Å². The number of halogens is 1. The molecule has 4 heteroatoms. The van der Waals surface area contributed by atoms with Gasteiger partial charge in [0.1, 0.15) is 5.82 Å². The standard InChI is InChI=1S/C16H15FN2O/c17-12-6-8-13(9-7-12)18-16(20)19-15-10-5-11-3-1-2-4-14(11)15/h1-4,6-9,15H,5,10H2,(H2,18,19,20). The lowest BCUT2D eigenvalue weighted by atomic mass is 10.1. The van der Waals surface area contributed by atoms with Crippen molar-refractivity contribution < 1.29 is 9.18 Å². The van der Waals surface area contributed by atoms with E-state index in [9.17, 15) is 9.18 Å². The molecule has 3 rings (SSSR count). The van der Waals surface area contributed by atoms with Crippen molar-refractivity contribution in [1.82, 2.24) is 5.32 Å². The highest BCUT2D eigenvalue weighted by Gasteiger charge is 2.23. The van der Waals surface area contributed by atoms with Gasteiger partial charge in [-0.15, -0.1) is 0 Å². The molecule has 0 spiro atoms. The Morgan fingerprint density at radius 3 is 2.65 bits per heavy atom. The maximum atomic E-state index is 12.8. The molecule has 102 valence electrons. The maximum Gasteiger partial charge on any atom is 0.319 e. The van der Waals surface area contributed by atoms with E-state index in [0.717, 1.165) is 12.8 Å². The molecule has 0 fully saturated rings. The van der Waals surface area contributed by atoms with Crippen molar-refractivity contribution in [3.8, 4) is 0 Å². The highest BCUT2D eigenvalue weighted by atomic mass is 19.1. The van der Waals surface area contributed by atoms with Crippen LogP contribution in [-0.2, 0) is 6.42 Å². The number of anilines is 1. The monoisotopic (exact) mass is 270 g/mol. The third-order valence-corrected chi connectivity index (χ3v) is 3.54. The number of carbonyl (C=O) groups is 1. The summed E-state index contributed by atoms with van der Waals surface area (Å²) < 4.78 is 12.8. The quantitative estimate of drug-likeness (QED) is 0.859. The SMILES string of the molecule is O=C(Nc1ccc(F)cc1)NC1CCc2ccccc21. The summed E-state index contributed by atoms with van der Waals surface area (Å²) in [6.45, 7) is 0. The minimum absolute atomic E-state index is 0.0478. The van der Waals surface area contributed by atoms with Gasteiger partial charge in [0.05, 0.1) is 6.04 Å². The number of nitrogens with one attached hydrogen (secondary N) is 2. The van der Waals surface area contributed by atoms with E-state index in [1.165, 1.54) is 35.4 Å². The van der Waals surface area contributed by atoms with Crippen LogP contribution in [-0.4, -0.2) is 6.03 Å². The molecule has 0 aliphatic heterocycles. The van der Waals surface area contributed by atoms with E-state index in [1.807, 2.05) is 18.2 Å². The van der Waals surface area contributed by atoms with Crippen LogP contribution in [0.3, 0.4) is 0 Å². The number of benzene rings is 2. The van der Waals surface area contributed by atoms with E-state index in [1.54, 1.807) is 0 Å². The van der Waals surface area contributed by atoms with Crippen molar-refractivity contribution in [2.75, 3.05) is 5.32 Å². The first-order valence-electron chi connectivity index (χ1n) is 6.63. The molecule has 1 aliphatic rings. The molecule has 2 aromatic rings. The first kappa shape index (κ1) is 12.7. The molecule has 2 amide bonds. The molecule has 0 bridgehead atoms. The number of hydrogen-bond donors (Lipinski definition) is 2. The van der Waals surface area contributed by atoms with Crippen LogP contribution in [0.4, 0.5) is 14.9 Å². The molecule has 0 heterocycles. The number of hydrogen-bond acceptors (Lipinski definition) is 1. The Hall–Kier alpha value is -2.36. The third kappa shape index (κ3) is 2.64. The lowest BCUT2D eigenvalue weighted by molar-refractivity contribution is 0.248. The average molecular weight is 270 g/mol. The summed E-state index contributed by atoms with van der Waals surface area (Å²) in [5, 5.41) is 5.66. The molecule has 0 saturated carbocycles. The van der Waals surface area contributed by atoms with Crippen molar-refractivity contribution in [3.05, 3.63) is 65.5 Å². The van der Waals surface area contributed by atoms with Crippen LogP contribution >= 0.6 is 0 Å². The van der Waals surface area contributed by atoms with Crippen LogP contribution < -0.4 is 10.6 Å². The molecule has 20 heavy (non-hydrogen) atoms. The number of aryl methyl sites for hydroxylation is 1. The minimum Gasteiger partial charge on any atom is -0.331 e. The van der Waals surface area contributed by atoms with Gasteiger partial charge in [0.15, 0.2) is 0 Å². The molecule has 1 aliphatic carbocycles. The van der Waals surface area contributed by atoms with Gasteiger partial charge in [0, 0.05) is 5.69 Å². The predicted molar refractivity (Wildman–Crippen MR) is 76.1 cm³/mol. The number of carbonyl (C=O) groups excluding carboxylic acids is 1. The van der Waals surface area contributed by atoms with Gasteiger partial charge in [0.2, 0.25) is 0 Å². The fourth-order valence-corrected chi connectivity index (χ4v) is 2.57. The summed E-state index contributed by atoms with van der Waals surface area (Å²) in [5.74, 6) is -0.319. The molecule has 0 saturated heterocycles. The van der Waals surface area contributed by atoms with Gasteiger partial charge in [-0.05, 0) is 48.2 Å². The molecule has 3 nitrogen and oxygen atoms in total. The minimum atomic E-state index is -0.319. The van der Waals surface area contributed by atoms with E-state index in [-0.39, 0.29) is 17.9 Å². The molecular formula is C16H15FN2O. The van der Waals surface area contributed by atoms with Crippen LogP contribution in [0.1, 0.15) is 23.6 Å². The van der Waals surface area contributed by atoms with Crippen LogP contribution in [0.25, 0.3) is 0 Å². The normalized spacial score (nSPS) is 16.6. The number of rotatable bonds is 2. The van der Waals surface area contributed by atoms with Crippen LogP contribution in [0.15, 0.2) is 48.5 Å². The van der Waals surface area contributed by atoms with Crippen molar-refractivity contribution in [1.29, 1.82) is 0 Å². The second kappa shape index (κ2) is 5.33. The average Bonchev–Trinajstić information content (AvgIpc) is 2.85. The largest absolute Gasteiger partial charge is 0.331 e. The summed E-state index contributed by atoms with van der Waals surface area (Å²) in [7, 11) is 0. The van der Waals surface area contributed by atoms with Gasteiger partial charge >= 0.3 is 6.03 Å². The number of fused-ring (bicyclic) bond motifs is 1. The Balaban J connectivity index is 1.64. The van der Waals surface area contributed by atoms with Crippen molar-refractivity contribution in [2.24, 2.45) is 0 Å². The zero-order valence-electron chi connectivity index (χ0n) is 10.9. The first-order chi connectivity index (χ1) is 9.72. The Morgan fingerprint density at radius 1 is 1.10 bits per heavy atom. The molecule has 0 radical (unpaired) electrons. The Morgan fingerprint density at radius 2 is 1.85 bits per heavy atom. The zero-order chi connectivity index (χ0) is 13.9. The summed E-state index contributed by atoms with van der Waals surface area (Å²) in [6.07, 6.45) is 1.90. The molecule has 1 unspecified atom stereocenters. The van der Waals surface area contributed by atoms with Gasteiger partial charge in [-0.2, -0.15) is 0 Å². The fraction of sp³-hybridized carbons (Fsp3) is 0.188.